The van der Waals surface area contributed by atoms with Crippen LogP contribution in [0.5, 0.6) is 0 Å². The monoisotopic (exact) mass is 683 g/mol. The van der Waals surface area contributed by atoms with Gasteiger partial charge in [0, 0.05) is 33.0 Å². The van der Waals surface area contributed by atoms with Crippen LogP contribution < -0.4 is 0 Å². The Bertz CT molecular complexity index is 4360. The zero-order chi connectivity index (χ0) is 60.7. The third-order valence-electron chi connectivity index (χ3n) is 7.93. The Kier molecular flexibility index (Phi) is 2.77. The summed E-state index contributed by atoms with van der Waals surface area (Å²) in [5, 5.41) is -1.95. The molecule has 0 spiro atoms. The van der Waals surface area contributed by atoms with Gasteiger partial charge in [-0.25, -0.2) is 0 Å². The molecule has 0 atom stereocenters. The van der Waals surface area contributed by atoms with Crippen molar-refractivity contribution in [3.63, 3.8) is 0 Å². The maximum atomic E-state index is 9.84. The van der Waals surface area contributed by atoms with Crippen molar-refractivity contribution in [3.05, 3.63) is 204 Å². The van der Waals surface area contributed by atoms with Gasteiger partial charge in [0.25, 0.3) is 0 Å². The van der Waals surface area contributed by atoms with Gasteiger partial charge in [0.15, 0.2) is 0 Å². The minimum absolute atomic E-state index is 0.452. The molecule has 0 N–H and O–H groups in total. The summed E-state index contributed by atoms with van der Waals surface area (Å²) in [5.74, 6) is -2.53. The maximum absolute atomic E-state index is 9.84. The predicted molar refractivity (Wildman–Crippen MR) is 211 cm³/mol. The first-order valence-corrected chi connectivity index (χ1v) is 14.9. The SMILES string of the molecule is [2H]c1c([2H])c([2H])c(-c2c([2H])c([2H])c(C(c3c([2H])c([2H])c(-c4c([2H])c([2H])c([2H])c([2H])c4[2H])c([2H])c3[2H])c3c([2H])c([2H])c(-c4c5oc6c([2H])c([2H])c([2H])c([2H])c6c5c([2H])c5oc6c([2H])c([2H])c([2H])c([2H])c6c45)c([2H])c3[2H])c([2H])c2[2H])c([2H])c1[2H]. The zero-order valence-electron chi connectivity index (χ0n) is 56.4. The van der Waals surface area contributed by atoms with E-state index in [0.717, 1.165) is 0 Å². The van der Waals surface area contributed by atoms with E-state index in [-0.39, 0.29) is 0 Å². The lowest BCUT2D eigenvalue weighted by Crippen LogP contribution is -2.03. The highest BCUT2D eigenvalue weighted by atomic mass is 16.3. The van der Waals surface area contributed by atoms with Crippen LogP contribution in [-0.4, -0.2) is 0 Å². The maximum Gasteiger partial charge on any atom is 0.144 e. The lowest BCUT2D eigenvalue weighted by atomic mass is 9.83. The van der Waals surface area contributed by atoms with Gasteiger partial charge in [-0.05, 0) is 62.6 Å². The molecule has 10 rings (SSSR count). The molecular formula is C49H32O2. The van der Waals surface area contributed by atoms with Gasteiger partial charge in [0.1, 0.15) is 22.3 Å². The number of hydrogen-bond acceptors (Lipinski definition) is 2. The molecule has 2 aromatic heterocycles. The highest BCUT2D eigenvalue weighted by Crippen LogP contribution is 2.45. The highest BCUT2D eigenvalue weighted by molar-refractivity contribution is 6.23. The summed E-state index contributed by atoms with van der Waals surface area (Å²) in [7, 11) is 0. The Morgan fingerprint density at radius 2 is 0.784 bits per heavy atom. The van der Waals surface area contributed by atoms with Crippen LogP contribution in [0.4, 0.5) is 0 Å². The van der Waals surface area contributed by atoms with E-state index in [2.05, 4.69) is 0 Å². The van der Waals surface area contributed by atoms with Gasteiger partial charge in [0.05, 0.1) is 42.5 Å². The third-order valence-corrected chi connectivity index (χ3v) is 7.93. The van der Waals surface area contributed by atoms with Crippen LogP contribution in [0.3, 0.4) is 0 Å². The van der Waals surface area contributed by atoms with Crippen molar-refractivity contribution < 1.29 is 51.3 Å². The molecule has 0 radical (unpaired) electrons. The van der Waals surface area contributed by atoms with Gasteiger partial charge in [0.2, 0.25) is 0 Å². The van der Waals surface area contributed by atoms with E-state index in [9.17, 15) is 17.8 Å². The topological polar surface area (TPSA) is 26.3 Å². The van der Waals surface area contributed by atoms with Crippen molar-refractivity contribution in [1.82, 2.24) is 0 Å². The molecule has 0 unspecified atom stereocenters. The Morgan fingerprint density at radius 3 is 1.33 bits per heavy atom. The van der Waals surface area contributed by atoms with Crippen molar-refractivity contribution in [2.75, 3.05) is 0 Å². The standard InChI is InChI=1S/C49H32O2/c1-3-11-32(12-4-1)34-19-23-36(24-20-34)46(37-25-21-35(22-26-37)33-13-5-2-6-14-33)38-27-29-39(30-28-38)47-48-41-16-8-10-18-44(41)50-45(48)31-42-40-15-7-9-17-43(40)51-49(42)47/h1-31,46H/i1D,2D,3D,4D,5D,6D,7D,8D,9D,10D,11D,12D,13D,14D,15D,16D,17D,18D,19D,20D,21D,22D,23D,24D,25D,26D,27D,28D,29D,30D,31D. The van der Waals surface area contributed by atoms with Crippen molar-refractivity contribution in [2.45, 2.75) is 5.92 Å². The van der Waals surface area contributed by atoms with Crippen LogP contribution in [0.2, 0.25) is 0 Å². The Labute approximate surface area is 339 Å². The Balaban J connectivity index is 1.40. The minimum atomic E-state index is -2.53. The molecule has 10 aromatic rings. The second-order valence-electron chi connectivity index (χ2n) is 10.8. The molecular weight excluding hydrogens is 621 g/mol. The summed E-state index contributed by atoms with van der Waals surface area (Å²) in [5.41, 5.74) is -10.4. The normalized spacial score (nSPS) is 20.2. The van der Waals surface area contributed by atoms with Crippen LogP contribution in [0, 0.1) is 0 Å². The summed E-state index contributed by atoms with van der Waals surface area (Å²) < 4.78 is 289. The minimum Gasteiger partial charge on any atom is -0.456 e. The smallest absolute Gasteiger partial charge is 0.144 e. The molecule has 240 valence electrons. The molecule has 0 amide bonds. The molecule has 8 aromatic carbocycles. The first kappa shape index (κ1) is 11.7. The fourth-order valence-electron chi connectivity index (χ4n) is 5.69. The molecule has 2 nitrogen and oxygen atoms in total. The number of furan rings is 2. The number of benzene rings is 8. The Morgan fingerprint density at radius 1 is 0.353 bits per heavy atom. The van der Waals surface area contributed by atoms with E-state index in [1.54, 1.807) is 0 Å². The number of para-hydroxylation sites is 2. The van der Waals surface area contributed by atoms with Crippen LogP contribution in [0.25, 0.3) is 77.3 Å². The number of rotatable bonds is 6. The Hall–Kier alpha value is -6.64. The first-order chi connectivity index (χ1) is 38.2. The van der Waals surface area contributed by atoms with E-state index < -0.39 is 287 Å². The van der Waals surface area contributed by atoms with Crippen LogP contribution in [-0.2, 0) is 0 Å². The summed E-state index contributed by atoms with van der Waals surface area (Å²) in [6, 6.07) is -30.9. The van der Waals surface area contributed by atoms with Crippen molar-refractivity contribution in [2.24, 2.45) is 0 Å². The van der Waals surface area contributed by atoms with E-state index in [0.29, 0.717) is 0 Å². The molecule has 2 heteroatoms. The van der Waals surface area contributed by atoms with Crippen LogP contribution >= 0.6 is 0 Å². The molecule has 51 heavy (non-hydrogen) atoms. The molecule has 0 aliphatic heterocycles. The predicted octanol–water partition coefficient (Wildman–Crippen LogP) is 13.7. The molecule has 0 saturated heterocycles. The first-order valence-electron chi connectivity index (χ1n) is 30.4. The molecule has 0 saturated carbocycles. The lowest BCUT2D eigenvalue weighted by molar-refractivity contribution is 0.664. The van der Waals surface area contributed by atoms with E-state index >= 15 is 0 Å². The summed E-state index contributed by atoms with van der Waals surface area (Å²) in [4.78, 5) is 0. The lowest BCUT2D eigenvalue weighted by Gasteiger charge is -2.20. The molecule has 2 heterocycles. The second-order valence-corrected chi connectivity index (χ2v) is 10.8. The average Bonchev–Trinajstić information content (AvgIpc) is 2.36. The van der Waals surface area contributed by atoms with Gasteiger partial charge >= 0.3 is 0 Å². The number of fused-ring (bicyclic) bond motifs is 6. The van der Waals surface area contributed by atoms with Crippen molar-refractivity contribution >= 4 is 43.9 Å². The average molecular weight is 684 g/mol. The fourth-order valence-corrected chi connectivity index (χ4v) is 5.69. The summed E-state index contributed by atoms with van der Waals surface area (Å²) in [6.07, 6.45) is 0. The van der Waals surface area contributed by atoms with Gasteiger partial charge in [-0.2, -0.15) is 0 Å². The van der Waals surface area contributed by atoms with Gasteiger partial charge in [-0.15, -0.1) is 0 Å². The van der Waals surface area contributed by atoms with Crippen molar-refractivity contribution in [3.8, 4) is 33.4 Å². The zero-order valence-corrected chi connectivity index (χ0v) is 25.4. The van der Waals surface area contributed by atoms with Crippen LogP contribution in [0.15, 0.2) is 196 Å². The van der Waals surface area contributed by atoms with Gasteiger partial charge < -0.3 is 8.83 Å². The van der Waals surface area contributed by atoms with E-state index in [1.807, 2.05) is 0 Å². The van der Waals surface area contributed by atoms with E-state index in [1.165, 1.54) is 0 Å². The van der Waals surface area contributed by atoms with Crippen LogP contribution in [0.1, 0.15) is 65.1 Å². The summed E-state index contributed by atoms with van der Waals surface area (Å²) in [6.45, 7) is 0. The molecule has 0 bridgehead atoms. The molecule has 0 aliphatic carbocycles. The highest BCUT2D eigenvalue weighted by Gasteiger charge is 2.22. The largest absolute Gasteiger partial charge is 0.456 e. The van der Waals surface area contributed by atoms with Crippen molar-refractivity contribution in [1.29, 1.82) is 0 Å². The second kappa shape index (κ2) is 12.0. The third kappa shape index (κ3) is 5.04. The number of hydrogen-bond donors (Lipinski definition) is 0. The molecule has 0 fully saturated rings. The van der Waals surface area contributed by atoms with Gasteiger partial charge in [-0.3, -0.25) is 0 Å². The fraction of sp³-hybridized carbons (Fsp3) is 0.0204. The van der Waals surface area contributed by atoms with Gasteiger partial charge in [-0.1, -0.05) is 169 Å². The quantitative estimate of drug-likeness (QED) is 0.163. The summed E-state index contributed by atoms with van der Waals surface area (Å²) >= 11 is 0. The molecule has 0 aliphatic rings. The van der Waals surface area contributed by atoms with E-state index in [4.69, 9.17) is 33.5 Å².